The Bertz CT molecular complexity index is 621. The van der Waals surface area contributed by atoms with Gasteiger partial charge in [-0.05, 0) is 24.8 Å². The summed E-state index contributed by atoms with van der Waals surface area (Å²) in [6, 6.07) is 8.55. The van der Waals surface area contributed by atoms with Crippen LogP contribution in [0.4, 0.5) is 18.0 Å². The molecule has 0 radical (unpaired) electrons. The van der Waals surface area contributed by atoms with Gasteiger partial charge in [0, 0.05) is 25.7 Å². The summed E-state index contributed by atoms with van der Waals surface area (Å²) in [5.41, 5.74) is 0.973. The Morgan fingerprint density at radius 3 is 2.57 bits per heavy atom. The van der Waals surface area contributed by atoms with Gasteiger partial charge in [-0.25, -0.2) is 4.79 Å². The van der Waals surface area contributed by atoms with Crippen molar-refractivity contribution in [3.05, 3.63) is 35.9 Å². The minimum absolute atomic E-state index is 0.0453. The average Bonchev–Trinajstić information content (AvgIpc) is 2.68. The van der Waals surface area contributed by atoms with Crippen LogP contribution < -0.4 is 10.6 Å². The Morgan fingerprint density at radius 1 is 1.18 bits per heavy atom. The van der Waals surface area contributed by atoms with Gasteiger partial charge in [0.05, 0.1) is 25.2 Å². The summed E-state index contributed by atoms with van der Waals surface area (Å²) >= 11 is 0. The number of nitrogens with one attached hydrogen (secondary N) is 2. The number of urea groups is 1. The second kappa shape index (κ2) is 9.60. The molecule has 8 heteroatoms. The monoisotopic (exact) mass is 399 g/mol. The lowest BCUT2D eigenvalue weighted by Crippen LogP contribution is -2.49. The number of morpholine rings is 1. The van der Waals surface area contributed by atoms with Crippen molar-refractivity contribution in [2.75, 3.05) is 32.8 Å². The van der Waals surface area contributed by atoms with E-state index in [1.54, 1.807) is 0 Å². The number of nitrogens with zero attached hydrogens (tertiary/aromatic N) is 1. The van der Waals surface area contributed by atoms with Crippen LogP contribution in [0.3, 0.4) is 0 Å². The highest BCUT2D eigenvalue weighted by Gasteiger charge is 2.42. The van der Waals surface area contributed by atoms with Gasteiger partial charge in [0.1, 0.15) is 0 Å². The van der Waals surface area contributed by atoms with E-state index in [-0.39, 0.29) is 18.9 Å². The number of halogens is 3. The van der Waals surface area contributed by atoms with Gasteiger partial charge in [-0.2, -0.15) is 13.2 Å². The molecule has 0 spiro atoms. The molecule has 0 aromatic heterocycles. The Labute approximate surface area is 163 Å². The maximum Gasteiger partial charge on any atom is 0.391 e. The smallest absolute Gasteiger partial charge is 0.379 e. The Balaban J connectivity index is 1.59. The molecule has 2 N–H and O–H groups in total. The summed E-state index contributed by atoms with van der Waals surface area (Å²) < 4.78 is 44.4. The molecular formula is C20H28F3N3O2. The van der Waals surface area contributed by atoms with E-state index in [4.69, 9.17) is 4.74 Å². The standard InChI is InChI=1S/C20H28F3N3O2/c21-20(22,23)16-7-4-8-17(13-16)24-19(27)25-18(15-5-2-1-3-6-15)14-26-9-11-28-12-10-26/h1-3,5-6,16-18H,4,7-14H2,(H2,24,25,27). The van der Waals surface area contributed by atoms with Crippen LogP contribution in [0.2, 0.25) is 0 Å². The molecule has 3 unspecified atom stereocenters. The number of benzene rings is 1. The molecular weight excluding hydrogens is 371 g/mol. The summed E-state index contributed by atoms with van der Waals surface area (Å²) in [6.45, 7) is 3.55. The number of carbonyl (C=O) groups is 1. The van der Waals surface area contributed by atoms with E-state index in [2.05, 4.69) is 15.5 Å². The molecule has 156 valence electrons. The van der Waals surface area contributed by atoms with Gasteiger partial charge < -0.3 is 15.4 Å². The highest BCUT2D eigenvalue weighted by atomic mass is 19.4. The SMILES string of the molecule is O=C(NC1CCCC(C(F)(F)F)C1)NC(CN1CCOCC1)c1ccccc1. The first-order chi connectivity index (χ1) is 13.4. The first-order valence-electron chi connectivity index (χ1n) is 9.90. The second-order valence-corrected chi connectivity index (χ2v) is 7.60. The van der Waals surface area contributed by atoms with Crippen LogP contribution in [0.1, 0.15) is 37.3 Å². The molecule has 3 atom stereocenters. The van der Waals surface area contributed by atoms with Crippen molar-refractivity contribution in [3.8, 4) is 0 Å². The first kappa shape index (κ1) is 20.9. The molecule has 1 saturated carbocycles. The van der Waals surface area contributed by atoms with Gasteiger partial charge in [0.15, 0.2) is 0 Å². The van der Waals surface area contributed by atoms with Crippen LogP contribution in [-0.4, -0.2) is 56.0 Å². The van der Waals surface area contributed by atoms with Crippen molar-refractivity contribution in [1.29, 1.82) is 0 Å². The third kappa shape index (κ3) is 6.10. The van der Waals surface area contributed by atoms with Gasteiger partial charge in [-0.1, -0.05) is 36.8 Å². The lowest BCUT2D eigenvalue weighted by Gasteiger charge is -2.33. The maximum absolute atomic E-state index is 13.0. The molecule has 2 amide bonds. The van der Waals surface area contributed by atoms with Crippen molar-refractivity contribution in [3.63, 3.8) is 0 Å². The van der Waals surface area contributed by atoms with Crippen molar-refractivity contribution in [2.24, 2.45) is 5.92 Å². The molecule has 1 aromatic carbocycles. The van der Waals surface area contributed by atoms with Crippen LogP contribution in [0.15, 0.2) is 30.3 Å². The van der Waals surface area contributed by atoms with Crippen LogP contribution in [0.25, 0.3) is 0 Å². The largest absolute Gasteiger partial charge is 0.391 e. The van der Waals surface area contributed by atoms with E-state index < -0.39 is 24.2 Å². The Hall–Kier alpha value is -1.80. The number of rotatable bonds is 5. The van der Waals surface area contributed by atoms with Crippen molar-refractivity contribution in [2.45, 2.75) is 43.9 Å². The number of amides is 2. The highest BCUT2D eigenvalue weighted by molar-refractivity contribution is 5.74. The molecule has 28 heavy (non-hydrogen) atoms. The first-order valence-corrected chi connectivity index (χ1v) is 9.90. The minimum Gasteiger partial charge on any atom is -0.379 e. The molecule has 1 aliphatic heterocycles. The fourth-order valence-electron chi connectivity index (χ4n) is 3.97. The van der Waals surface area contributed by atoms with Crippen LogP contribution in [0, 0.1) is 5.92 Å². The number of alkyl halides is 3. The average molecular weight is 399 g/mol. The number of hydrogen-bond acceptors (Lipinski definition) is 3. The Morgan fingerprint density at radius 2 is 1.89 bits per heavy atom. The summed E-state index contributed by atoms with van der Waals surface area (Å²) in [5, 5.41) is 5.73. The molecule has 1 aromatic rings. The summed E-state index contributed by atoms with van der Waals surface area (Å²) in [7, 11) is 0. The fraction of sp³-hybridized carbons (Fsp3) is 0.650. The second-order valence-electron chi connectivity index (χ2n) is 7.60. The van der Waals surface area contributed by atoms with E-state index >= 15 is 0 Å². The molecule has 2 aliphatic rings. The van der Waals surface area contributed by atoms with E-state index in [1.165, 1.54) is 0 Å². The molecule has 0 bridgehead atoms. The molecule has 3 rings (SSSR count). The topological polar surface area (TPSA) is 53.6 Å². The molecule has 5 nitrogen and oxygen atoms in total. The van der Waals surface area contributed by atoms with E-state index in [9.17, 15) is 18.0 Å². The van der Waals surface area contributed by atoms with Gasteiger partial charge in [-0.15, -0.1) is 0 Å². The maximum atomic E-state index is 13.0. The van der Waals surface area contributed by atoms with Crippen LogP contribution in [0.5, 0.6) is 0 Å². The van der Waals surface area contributed by atoms with Crippen molar-refractivity contribution in [1.82, 2.24) is 15.5 Å². The third-order valence-corrected chi connectivity index (χ3v) is 5.52. The lowest BCUT2D eigenvalue weighted by atomic mass is 9.85. The van der Waals surface area contributed by atoms with E-state index in [0.717, 1.165) is 18.7 Å². The van der Waals surface area contributed by atoms with E-state index in [1.807, 2.05) is 30.3 Å². The third-order valence-electron chi connectivity index (χ3n) is 5.52. The molecule has 1 heterocycles. The quantitative estimate of drug-likeness (QED) is 0.797. The number of ether oxygens (including phenoxy) is 1. The highest BCUT2D eigenvalue weighted by Crippen LogP contribution is 2.37. The van der Waals surface area contributed by atoms with Gasteiger partial charge >= 0.3 is 12.2 Å². The fourth-order valence-corrected chi connectivity index (χ4v) is 3.97. The molecule has 2 fully saturated rings. The zero-order chi connectivity index (χ0) is 20.0. The zero-order valence-electron chi connectivity index (χ0n) is 15.9. The van der Waals surface area contributed by atoms with Crippen molar-refractivity contribution >= 4 is 6.03 Å². The number of carbonyl (C=O) groups excluding carboxylic acids is 1. The Kier molecular flexibility index (Phi) is 7.18. The normalized spacial score (nSPS) is 25.1. The van der Waals surface area contributed by atoms with Crippen molar-refractivity contribution < 1.29 is 22.7 Å². The zero-order valence-corrected chi connectivity index (χ0v) is 15.9. The molecule has 1 saturated heterocycles. The van der Waals surface area contributed by atoms with Gasteiger partial charge in [0.2, 0.25) is 0 Å². The summed E-state index contributed by atoms with van der Waals surface area (Å²) in [4.78, 5) is 14.8. The predicted octanol–water partition coefficient (Wildman–Crippen LogP) is 3.48. The van der Waals surface area contributed by atoms with Crippen LogP contribution in [-0.2, 0) is 4.74 Å². The minimum atomic E-state index is -4.19. The summed E-state index contributed by atoms with van der Waals surface area (Å²) in [6.07, 6.45) is -3.03. The summed E-state index contributed by atoms with van der Waals surface area (Å²) in [5.74, 6) is -1.33. The number of hydrogen-bond donors (Lipinski definition) is 2. The van der Waals surface area contributed by atoms with Crippen LogP contribution >= 0.6 is 0 Å². The lowest BCUT2D eigenvalue weighted by molar-refractivity contribution is -0.183. The van der Waals surface area contributed by atoms with E-state index in [0.29, 0.717) is 32.6 Å². The predicted molar refractivity (Wildman–Crippen MR) is 99.9 cm³/mol. The van der Waals surface area contributed by atoms with Gasteiger partial charge in [0.25, 0.3) is 0 Å². The molecule has 1 aliphatic carbocycles. The van der Waals surface area contributed by atoms with Gasteiger partial charge in [-0.3, -0.25) is 4.90 Å².